The van der Waals surface area contributed by atoms with Crippen LogP contribution in [0.5, 0.6) is 0 Å². The second-order valence-corrected chi connectivity index (χ2v) is 6.69. The Kier molecular flexibility index (Phi) is 5.42. The van der Waals surface area contributed by atoms with Gasteiger partial charge in [0.1, 0.15) is 5.82 Å². The fraction of sp³-hybridized carbons (Fsp3) is 0.333. The summed E-state index contributed by atoms with van der Waals surface area (Å²) in [6.07, 6.45) is 7.50. The van der Waals surface area contributed by atoms with E-state index >= 15 is 0 Å². The highest BCUT2D eigenvalue weighted by molar-refractivity contribution is 7.10. The Morgan fingerprint density at radius 3 is 2.87 bits per heavy atom. The number of amides is 1. The Labute approximate surface area is 140 Å². The summed E-state index contributed by atoms with van der Waals surface area (Å²) in [6.45, 7) is 2.76. The second-order valence-electron chi connectivity index (χ2n) is 5.71. The number of thiophene rings is 1. The molecule has 0 radical (unpaired) electrons. The first-order chi connectivity index (χ1) is 11.3. The number of rotatable bonds is 5. The van der Waals surface area contributed by atoms with Crippen molar-refractivity contribution in [1.82, 2.24) is 10.3 Å². The van der Waals surface area contributed by atoms with Gasteiger partial charge in [0.15, 0.2) is 0 Å². The van der Waals surface area contributed by atoms with Crippen LogP contribution in [0.15, 0.2) is 48.0 Å². The topological polar surface area (TPSA) is 45.2 Å². The van der Waals surface area contributed by atoms with E-state index in [2.05, 4.69) is 21.3 Å². The maximum absolute atomic E-state index is 11.9. The van der Waals surface area contributed by atoms with Gasteiger partial charge in [-0.25, -0.2) is 4.98 Å². The van der Waals surface area contributed by atoms with E-state index in [1.807, 2.05) is 41.9 Å². The summed E-state index contributed by atoms with van der Waals surface area (Å²) in [7, 11) is 0. The van der Waals surface area contributed by atoms with Gasteiger partial charge in [-0.2, -0.15) is 0 Å². The van der Waals surface area contributed by atoms with E-state index in [1.165, 1.54) is 0 Å². The summed E-state index contributed by atoms with van der Waals surface area (Å²) in [5.74, 6) is 1.59. The van der Waals surface area contributed by atoms with E-state index in [1.54, 1.807) is 17.4 Å². The molecule has 120 valence electrons. The number of aromatic nitrogens is 1. The number of anilines is 1. The third-order valence-corrected chi connectivity index (χ3v) is 4.93. The van der Waals surface area contributed by atoms with Crippen LogP contribution < -0.4 is 10.2 Å². The monoisotopic (exact) mass is 327 g/mol. The van der Waals surface area contributed by atoms with Crippen LogP contribution in [0.1, 0.15) is 17.7 Å². The minimum atomic E-state index is -0.00874. The van der Waals surface area contributed by atoms with Crippen LogP contribution in [-0.4, -0.2) is 30.5 Å². The Hall–Kier alpha value is -2.14. The molecule has 2 aromatic heterocycles. The van der Waals surface area contributed by atoms with Crippen LogP contribution in [0.25, 0.3) is 6.08 Å². The van der Waals surface area contributed by atoms with Crippen molar-refractivity contribution in [1.29, 1.82) is 0 Å². The van der Waals surface area contributed by atoms with Crippen molar-refractivity contribution in [2.75, 3.05) is 24.5 Å². The predicted molar refractivity (Wildman–Crippen MR) is 95.5 cm³/mol. The Balaban J connectivity index is 1.40. The molecule has 3 heterocycles. The highest BCUT2D eigenvalue weighted by Crippen LogP contribution is 2.20. The largest absolute Gasteiger partial charge is 0.357 e. The molecule has 0 aliphatic carbocycles. The van der Waals surface area contributed by atoms with E-state index in [0.717, 1.165) is 43.2 Å². The smallest absolute Gasteiger partial charge is 0.244 e. The Morgan fingerprint density at radius 2 is 2.17 bits per heavy atom. The van der Waals surface area contributed by atoms with Gasteiger partial charge in [0.2, 0.25) is 5.91 Å². The van der Waals surface area contributed by atoms with Crippen molar-refractivity contribution in [3.8, 4) is 0 Å². The van der Waals surface area contributed by atoms with Crippen molar-refractivity contribution in [2.24, 2.45) is 5.92 Å². The first kappa shape index (κ1) is 15.7. The molecule has 23 heavy (non-hydrogen) atoms. The summed E-state index contributed by atoms with van der Waals surface area (Å²) >= 11 is 1.63. The van der Waals surface area contributed by atoms with E-state index in [9.17, 15) is 4.79 Å². The summed E-state index contributed by atoms with van der Waals surface area (Å²) in [5.41, 5.74) is 0. The molecule has 0 saturated carbocycles. The lowest BCUT2D eigenvalue weighted by Crippen LogP contribution is -2.38. The van der Waals surface area contributed by atoms with Crippen LogP contribution in [0.3, 0.4) is 0 Å². The van der Waals surface area contributed by atoms with Crippen molar-refractivity contribution in [3.05, 3.63) is 52.9 Å². The summed E-state index contributed by atoms with van der Waals surface area (Å²) in [4.78, 5) is 19.7. The molecular weight excluding hydrogens is 306 g/mol. The maximum Gasteiger partial charge on any atom is 0.244 e. The van der Waals surface area contributed by atoms with E-state index in [-0.39, 0.29) is 5.91 Å². The minimum absolute atomic E-state index is 0.00874. The normalized spacial score (nSPS) is 15.9. The van der Waals surface area contributed by atoms with Gasteiger partial charge < -0.3 is 10.2 Å². The average molecular weight is 327 g/mol. The zero-order chi connectivity index (χ0) is 15.9. The molecule has 1 aliphatic heterocycles. The fourth-order valence-corrected chi connectivity index (χ4v) is 3.37. The lowest BCUT2D eigenvalue weighted by atomic mass is 9.97. The van der Waals surface area contributed by atoms with E-state index in [0.29, 0.717) is 5.92 Å². The molecule has 1 N–H and O–H groups in total. The summed E-state index contributed by atoms with van der Waals surface area (Å²) < 4.78 is 0. The highest BCUT2D eigenvalue weighted by Gasteiger charge is 2.20. The summed E-state index contributed by atoms with van der Waals surface area (Å²) in [5, 5.41) is 5.02. The summed E-state index contributed by atoms with van der Waals surface area (Å²) in [6, 6.07) is 10.0. The SMILES string of the molecule is O=C(/C=C/c1cccs1)NCC1CCN(c2ccccn2)CC1. The molecule has 0 spiro atoms. The Morgan fingerprint density at radius 1 is 1.30 bits per heavy atom. The van der Waals surface area contributed by atoms with Crippen molar-refractivity contribution >= 4 is 29.1 Å². The van der Waals surface area contributed by atoms with Gasteiger partial charge in [0, 0.05) is 36.8 Å². The van der Waals surface area contributed by atoms with Crippen LogP contribution in [0, 0.1) is 5.92 Å². The minimum Gasteiger partial charge on any atom is -0.357 e. The first-order valence-corrected chi connectivity index (χ1v) is 8.84. The van der Waals surface area contributed by atoms with Gasteiger partial charge in [0.25, 0.3) is 0 Å². The van der Waals surface area contributed by atoms with Crippen LogP contribution in [-0.2, 0) is 4.79 Å². The fourth-order valence-electron chi connectivity index (χ4n) is 2.75. The lowest BCUT2D eigenvalue weighted by Gasteiger charge is -2.32. The highest BCUT2D eigenvalue weighted by atomic mass is 32.1. The number of piperidine rings is 1. The van der Waals surface area contributed by atoms with Crippen LogP contribution in [0.4, 0.5) is 5.82 Å². The van der Waals surface area contributed by atoms with Gasteiger partial charge >= 0.3 is 0 Å². The van der Waals surface area contributed by atoms with Gasteiger partial charge in [-0.3, -0.25) is 4.79 Å². The molecule has 0 unspecified atom stereocenters. The number of pyridine rings is 1. The number of carbonyl (C=O) groups excluding carboxylic acids is 1. The van der Waals surface area contributed by atoms with Crippen molar-refractivity contribution in [3.63, 3.8) is 0 Å². The zero-order valence-electron chi connectivity index (χ0n) is 13.0. The predicted octanol–water partition coefficient (Wildman–Crippen LogP) is 3.19. The van der Waals surface area contributed by atoms with Crippen molar-refractivity contribution in [2.45, 2.75) is 12.8 Å². The number of nitrogens with one attached hydrogen (secondary N) is 1. The van der Waals surface area contributed by atoms with Gasteiger partial charge in [0.05, 0.1) is 0 Å². The number of carbonyl (C=O) groups is 1. The van der Waals surface area contributed by atoms with E-state index < -0.39 is 0 Å². The first-order valence-electron chi connectivity index (χ1n) is 7.96. The molecular formula is C18H21N3OS. The molecule has 1 aliphatic rings. The molecule has 3 rings (SSSR count). The molecule has 2 aromatic rings. The molecule has 5 heteroatoms. The van der Waals surface area contributed by atoms with Gasteiger partial charge in [-0.15, -0.1) is 11.3 Å². The Bertz CT molecular complexity index is 632. The van der Waals surface area contributed by atoms with Crippen LogP contribution in [0.2, 0.25) is 0 Å². The molecule has 1 amide bonds. The number of hydrogen-bond acceptors (Lipinski definition) is 4. The van der Waals surface area contributed by atoms with E-state index in [4.69, 9.17) is 0 Å². The third-order valence-electron chi connectivity index (χ3n) is 4.09. The molecule has 0 aromatic carbocycles. The number of hydrogen-bond donors (Lipinski definition) is 1. The molecule has 1 saturated heterocycles. The average Bonchev–Trinajstić information content (AvgIpc) is 3.13. The standard InChI is InChI=1S/C18H21N3OS/c22-18(7-6-16-4-3-13-23-16)20-14-15-8-11-21(12-9-15)17-5-1-2-10-19-17/h1-7,10,13,15H,8-9,11-12,14H2,(H,20,22)/b7-6+. The second kappa shape index (κ2) is 7.92. The maximum atomic E-state index is 11.9. The van der Waals surface area contributed by atoms with Crippen LogP contribution >= 0.6 is 11.3 Å². The van der Waals surface area contributed by atoms with Gasteiger partial charge in [-0.05, 0) is 48.4 Å². The zero-order valence-corrected chi connectivity index (χ0v) is 13.8. The molecule has 1 fully saturated rings. The third kappa shape index (κ3) is 4.66. The molecule has 4 nitrogen and oxygen atoms in total. The quantitative estimate of drug-likeness (QED) is 0.858. The lowest BCUT2D eigenvalue weighted by molar-refractivity contribution is -0.116. The van der Waals surface area contributed by atoms with Gasteiger partial charge in [-0.1, -0.05) is 12.1 Å². The number of nitrogens with zero attached hydrogens (tertiary/aromatic N) is 2. The molecule has 0 bridgehead atoms. The van der Waals surface area contributed by atoms with Crippen molar-refractivity contribution < 1.29 is 4.79 Å². The molecule has 0 atom stereocenters.